The highest BCUT2D eigenvalue weighted by atomic mass is 19.1. The summed E-state index contributed by atoms with van der Waals surface area (Å²) in [6, 6.07) is 2.65. The Balaban J connectivity index is 1.77. The van der Waals surface area contributed by atoms with E-state index in [0.717, 1.165) is 25.7 Å². The fourth-order valence-corrected chi connectivity index (χ4v) is 1.98. The van der Waals surface area contributed by atoms with Crippen LogP contribution in [0.15, 0.2) is 18.3 Å². The number of halogens is 1. The maximum atomic E-state index is 12.8. The average molecular weight is 237 g/mol. The first kappa shape index (κ1) is 12.0. The normalized spacial score (nSPS) is 16.1. The molecular weight excluding hydrogens is 221 g/mol. The number of carbonyl (C=O) groups excluding carboxylic acids is 1. The number of hydrogen-bond donors (Lipinski definition) is 1. The van der Waals surface area contributed by atoms with Crippen molar-refractivity contribution in [1.29, 1.82) is 0 Å². The summed E-state index contributed by atoms with van der Waals surface area (Å²) in [5, 5.41) is 2.78. The number of aromatic nitrogens is 1. The molecule has 2 heterocycles. The van der Waals surface area contributed by atoms with Crippen LogP contribution in [0.2, 0.25) is 0 Å². The lowest BCUT2D eigenvalue weighted by Crippen LogP contribution is -2.33. The first-order chi connectivity index (χ1) is 8.25. The van der Waals surface area contributed by atoms with Gasteiger partial charge in [0.15, 0.2) is 0 Å². The molecule has 4 nitrogen and oxygen atoms in total. The van der Waals surface area contributed by atoms with Crippen LogP contribution in [0.1, 0.15) is 23.2 Å². The number of nitrogens with zero attached hydrogens (tertiary/aromatic N) is 2. The molecule has 1 N–H and O–H groups in total. The maximum absolute atomic E-state index is 12.8. The zero-order valence-corrected chi connectivity index (χ0v) is 9.66. The van der Waals surface area contributed by atoms with Gasteiger partial charge in [-0.1, -0.05) is 0 Å². The molecule has 1 aromatic heterocycles. The van der Waals surface area contributed by atoms with Crippen LogP contribution in [0, 0.1) is 5.95 Å². The van der Waals surface area contributed by atoms with E-state index in [2.05, 4.69) is 15.2 Å². The highest BCUT2D eigenvalue weighted by Gasteiger charge is 2.11. The van der Waals surface area contributed by atoms with Crippen LogP contribution in [-0.2, 0) is 0 Å². The third-order valence-electron chi connectivity index (χ3n) is 2.90. The summed E-state index contributed by atoms with van der Waals surface area (Å²) in [6.07, 6.45) is 3.78. The van der Waals surface area contributed by atoms with E-state index in [1.807, 2.05) is 0 Å². The van der Waals surface area contributed by atoms with Gasteiger partial charge in [-0.05, 0) is 32.0 Å². The predicted octanol–water partition coefficient (Wildman–Crippen LogP) is 1.05. The molecule has 2 rings (SSSR count). The Bertz CT molecular complexity index is 391. The SMILES string of the molecule is O=C(NCCN1CCCC1)c1ccnc(F)c1. The minimum atomic E-state index is -0.628. The summed E-state index contributed by atoms with van der Waals surface area (Å²) in [7, 11) is 0. The zero-order valence-electron chi connectivity index (χ0n) is 9.66. The Morgan fingerprint density at radius 3 is 2.94 bits per heavy atom. The van der Waals surface area contributed by atoms with Crippen molar-refractivity contribution in [3.63, 3.8) is 0 Å². The Morgan fingerprint density at radius 2 is 2.24 bits per heavy atom. The fourth-order valence-electron chi connectivity index (χ4n) is 1.98. The van der Waals surface area contributed by atoms with Crippen molar-refractivity contribution < 1.29 is 9.18 Å². The standard InChI is InChI=1S/C12H16FN3O/c13-11-9-10(3-4-14-11)12(17)15-5-8-16-6-1-2-7-16/h3-4,9H,1-2,5-8H2,(H,15,17). The molecule has 17 heavy (non-hydrogen) atoms. The summed E-state index contributed by atoms with van der Waals surface area (Å²) in [6.45, 7) is 3.68. The lowest BCUT2D eigenvalue weighted by Gasteiger charge is -2.14. The Labute approximate surface area is 99.8 Å². The fraction of sp³-hybridized carbons (Fsp3) is 0.500. The molecule has 0 bridgehead atoms. The van der Waals surface area contributed by atoms with Gasteiger partial charge < -0.3 is 10.2 Å². The van der Waals surface area contributed by atoms with E-state index in [-0.39, 0.29) is 5.91 Å². The van der Waals surface area contributed by atoms with Crippen LogP contribution in [0.5, 0.6) is 0 Å². The van der Waals surface area contributed by atoms with Crippen LogP contribution in [0.4, 0.5) is 4.39 Å². The lowest BCUT2D eigenvalue weighted by molar-refractivity contribution is 0.0949. The van der Waals surface area contributed by atoms with Crippen molar-refractivity contribution in [2.24, 2.45) is 0 Å². The van der Waals surface area contributed by atoms with Gasteiger partial charge in [0.25, 0.3) is 5.91 Å². The van der Waals surface area contributed by atoms with E-state index in [0.29, 0.717) is 12.1 Å². The molecule has 1 aliphatic rings. The highest BCUT2D eigenvalue weighted by Crippen LogP contribution is 2.05. The minimum Gasteiger partial charge on any atom is -0.351 e. The Morgan fingerprint density at radius 1 is 1.47 bits per heavy atom. The second-order valence-electron chi connectivity index (χ2n) is 4.17. The quantitative estimate of drug-likeness (QED) is 0.796. The summed E-state index contributed by atoms with van der Waals surface area (Å²) in [5.41, 5.74) is 0.318. The van der Waals surface area contributed by atoms with Crippen molar-refractivity contribution in [3.8, 4) is 0 Å². The average Bonchev–Trinajstić information content (AvgIpc) is 2.82. The monoisotopic (exact) mass is 237 g/mol. The number of hydrogen-bond acceptors (Lipinski definition) is 3. The summed E-state index contributed by atoms with van der Waals surface area (Å²) in [5.74, 6) is -0.873. The number of pyridine rings is 1. The third-order valence-corrected chi connectivity index (χ3v) is 2.90. The summed E-state index contributed by atoms with van der Waals surface area (Å²) < 4.78 is 12.8. The smallest absolute Gasteiger partial charge is 0.251 e. The summed E-state index contributed by atoms with van der Waals surface area (Å²) >= 11 is 0. The molecule has 0 atom stereocenters. The van der Waals surface area contributed by atoms with Crippen molar-refractivity contribution in [2.75, 3.05) is 26.2 Å². The molecule has 1 aromatic rings. The first-order valence-corrected chi connectivity index (χ1v) is 5.88. The second kappa shape index (κ2) is 5.72. The van der Waals surface area contributed by atoms with Gasteiger partial charge in [-0.15, -0.1) is 0 Å². The van der Waals surface area contributed by atoms with Crippen LogP contribution in [-0.4, -0.2) is 42.0 Å². The van der Waals surface area contributed by atoms with Gasteiger partial charge in [-0.3, -0.25) is 4.79 Å². The van der Waals surface area contributed by atoms with Gasteiger partial charge in [0.05, 0.1) is 0 Å². The van der Waals surface area contributed by atoms with Crippen LogP contribution >= 0.6 is 0 Å². The van der Waals surface area contributed by atoms with Crippen LogP contribution in [0.25, 0.3) is 0 Å². The Hall–Kier alpha value is -1.49. The molecular formula is C12H16FN3O. The molecule has 92 valence electrons. The topological polar surface area (TPSA) is 45.2 Å². The number of nitrogens with one attached hydrogen (secondary N) is 1. The number of rotatable bonds is 4. The van der Waals surface area contributed by atoms with Crippen LogP contribution < -0.4 is 5.32 Å². The molecule has 1 aliphatic heterocycles. The first-order valence-electron chi connectivity index (χ1n) is 5.88. The number of likely N-dealkylation sites (tertiary alicyclic amines) is 1. The largest absolute Gasteiger partial charge is 0.351 e. The van der Waals surface area contributed by atoms with Crippen LogP contribution in [0.3, 0.4) is 0 Å². The highest BCUT2D eigenvalue weighted by molar-refractivity contribution is 5.93. The molecule has 1 fully saturated rings. The molecule has 0 aliphatic carbocycles. The van der Waals surface area contributed by atoms with Gasteiger partial charge >= 0.3 is 0 Å². The van der Waals surface area contributed by atoms with Gasteiger partial charge in [0.1, 0.15) is 0 Å². The van der Waals surface area contributed by atoms with Crippen molar-refractivity contribution >= 4 is 5.91 Å². The van der Waals surface area contributed by atoms with E-state index >= 15 is 0 Å². The maximum Gasteiger partial charge on any atom is 0.251 e. The molecule has 1 saturated heterocycles. The molecule has 1 amide bonds. The summed E-state index contributed by atoms with van der Waals surface area (Å²) in [4.78, 5) is 17.4. The number of carbonyl (C=O) groups is 1. The predicted molar refractivity (Wildman–Crippen MR) is 62.2 cm³/mol. The molecule has 0 spiro atoms. The minimum absolute atomic E-state index is 0.245. The number of amides is 1. The van der Waals surface area contributed by atoms with E-state index in [9.17, 15) is 9.18 Å². The van der Waals surface area contributed by atoms with Crippen molar-refractivity contribution in [2.45, 2.75) is 12.8 Å². The van der Waals surface area contributed by atoms with Gasteiger partial charge in [0.2, 0.25) is 5.95 Å². The Kier molecular flexibility index (Phi) is 4.03. The van der Waals surface area contributed by atoms with E-state index in [1.54, 1.807) is 0 Å². The van der Waals surface area contributed by atoms with Gasteiger partial charge in [-0.2, -0.15) is 4.39 Å². The van der Waals surface area contributed by atoms with Gasteiger partial charge in [-0.25, -0.2) is 4.98 Å². The molecule has 0 aromatic carbocycles. The molecule has 0 unspecified atom stereocenters. The zero-order chi connectivity index (χ0) is 12.1. The van der Waals surface area contributed by atoms with E-state index in [4.69, 9.17) is 0 Å². The molecule has 0 radical (unpaired) electrons. The molecule has 0 saturated carbocycles. The van der Waals surface area contributed by atoms with Crippen molar-refractivity contribution in [1.82, 2.24) is 15.2 Å². The van der Waals surface area contributed by atoms with E-state index in [1.165, 1.54) is 25.1 Å². The molecule has 5 heteroatoms. The van der Waals surface area contributed by atoms with Crippen molar-refractivity contribution in [3.05, 3.63) is 29.8 Å². The van der Waals surface area contributed by atoms with E-state index < -0.39 is 5.95 Å². The van der Waals surface area contributed by atoms with Gasteiger partial charge in [0, 0.05) is 30.9 Å². The lowest BCUT2D eigenvalue weighted by atomic mass is 10.2. The third kappa shape index (κ3) is 3.49. The second-order valence-corrected chi connectivity index (χ2v) is 4.17.